The summed E-state index contributed by atoms with van der Waals surface area (Å²) in [6.07, 6.45) is 6.86. The smallest absolute Gasteiger partial charge is 0.0186 e. The highest BCUT2D eigenvalue weighted by molar-refractivity contribution is 5.01. The maximum absolute atomic E-state index is 6.70. The number of rotatable bonds is 1. The van der Waals surface area contributed by atoms with E-state index in [2.05, 4.69) is 13.8 Å². The predicted molar refractivity (Wildman–Crippen MR) is 72.4 cm³/mol. The SMILES string of the molecule is CC1CC(C2(N)CCC(N)C(C)C2)CCC1N. The molecule has 0 aromatic rings. The van der Waals surface area contributed by atoms with Gasteiger partial charge in [-0.05, 0) is 56.3 Å². The van der Waals surface area contributed by atoms with Gasteiger partial charge in [0.2, 0.25) is 0 Å². The second-order valence-electron chi connectivity index (χ2n) is 6.77. The van der Waals surface area contributed by atoms with Crippen molar-refractivity contribution in [3.63, 3.8) is 0 Å². The Bertz CT molecular complexity index is 268. The van der Waals surface area contributed by atoms with E-state index in [1.807, 2.05) is 0 Å². The van der Waals surface area contributed by atoms with E-state index < -0.39 is 0 Å². The van der Waals surface area contributed by atoms with Gasteiger partial charge in [0.15, 0.2) is 0 Å². The molecule has 0 bridgehead atoms. The third-order valence-electron chi connectivity index (χ3n) is 5.42. The van der Waals surface area contributed by atoms with Crippen LogP contribution in [-0.2, 0) is 0 Å². The van der Waals surface area contributed by atoms with Crippen LogP contribution in [0.15, 0.2) is 0 Å². The van der Waals surface area contributed by atoms with Crippen molar-refractivity contribution in [3.05, 3.63) is 0 Å². The van der Waals surface area contributed by atoms with Crippen molar-refractivity contribution in [1.82, 2.24) is 0 Å². The highest BCUT2D eigenvalue weighted by atomic mass is 14.8. The predicted octanol–water partition coefficient (Wildman–Crippen LogP) is 1.59. The van der Waals surface area contributed by atoms with Gasteiger partial charge in [-0.1, -0.05) is 13.8 Å². The first-order chi connectivity index (χ1) is 7.92. The van der Waals surface area contributed by atoms with Gasteiger partial charge in [-0.2, -0.15) is 0 Å². The van der Waals surface area contributed by atoms with Crippen LogP contribution in [0.2, 0.25) is 0 Å². The lowest BCUT2D eigenvalue weighted by Gasteiger charge is -2.48. The molecule has 0 amide bonds. The van der Waals surface area contributed by atoms with Gasteiger partial charge < -0.3 is 17.2 Å². The fourth-order valence-corrected chi connectivity index (χ4v) is 3.89. The third-order valence-corrected chi connectivity index (χ3v) is 5.42. The Morgan fingerprint density at radius 3 is 2.18 bits per heavy atom. The highest BCUT2D eigenvalue weighted by Crippen LogP contribution is 2.42. The topological polar surface area (TPSA) is 78.1 Å². The first kappa shape index (κ1) is 13.3. The van der Waals surface area contributed by atoms with Gasteiger partial charge in [-0.25, -0.2) is 0 Å². The molecule has 2 rings (SSSR count). The Morgan fingerprint density at radius 2 is 1.59 bits per heavy atom. The van der Waals surface area contributed by atoms with E-state index in [1.54, 1.807) is 0 Å². The molecule has 0 spiro atoms. The van der Waals surface area contributed by atoms with Gasteiger partial charge in [0.05, 0.1) is 0 Å². The van der Waals surface area contributed by atoms with Crippen molar-refractivity contribution >= 4 is 0 Å². The van der Waals surface area contributed by atoms with Crippen LogP contribution < -0.4 is 17.2 Å². The average Bonchev–Trinajstić information content (AvgIpc) is 2.28. The van der Waals surface area contributed by atoms with Gasteiger partial charge in [-0.3, -0.25) is 0 Å². The zero-order valence-electron chi connectivity index (χ0n) is 11.4. The lowest BCUT2D eigenvalue weighted by atomic mass is 9.62. The molecule has 0 radical (unpaired) electrons. The van der Waals surface area contributed by atoms with Gasteiger partial charge >= 0.3 is 0 Å². The summed E-state index contributed by atoms with van der Waals surface area (Å²) in [5.74, 6) is 1.85. The second-order valence-corrected chi connectivity index (χ2v) is 6.77. The van der Waals surface area contributed by atoms with Gasteiger partial charge in [0, 0.05) is 17.6 Å². The zero-order chi connectivity index (χ0) is 12.6. The van der Waals surface area contributed by atoms with Gasteiger partial charge in [0.1, 0.15) is 0 Å². The van der Waals surface area contributed by atoms with Crippen molar-refractivity contribution < 1.29 is 0 Å². The molecule has 0 aromatic heterocycles. The summed E-state index contributed by atoms with van der Waals surface area (Å²) in [6, 6.07) is 0.744. The fraction of sp³-hybridized carbons (Fsp3) is 1.00. The molecule has 0 heterocycles. The second kappa shape index (κ2) is 4.87. The van der Waals surface area contributed by atoms with Crippen molar-refractivity contribution in [2.24, 2.45) is 35.0 Å². The molecule has 6 atom stereocenters. The summed E-state index contributed by atoms with van der Waals surface area (Å²) >= 11 is 0. The summed E-state index contributed by atoms with van der Waals surface area (Å²) in [5, 5.41) is 0. The molecule has 3 heteroatoms. The van der Waals surface area contributed by atoms with Crippen LogP contribution in [0, 0.1) is 17.8 Å². The normalized spacial score (nSPS) is 52.4. The van der Waals surface area contributed by atoms with Crippen LogP contribution in [-0.4, -0.2) is 17.6 Å². The lowest BCUT2D eigenvalue weighted by molar-refractivity contribution is 0.0927. The third kappa shape index (κ3) is 2.67. The first-order valence-corrected chi connectivity index (χ1v) is 7.22. The molecule has 100 valence electrons. The molecule has 2 saturated carbocycles. The molecule has 17 heavy (non-hydrogen) atoms. The Morgan fingerprint density at radius 1 is 0.941 bits per heavy atom. The Balaban J connectivity index is 2.01. The molecule has 3 nitrogen and oxygen atoms in total. The maximum Gasteiger partial charge on any atom is 0.0186 e. The standard InChI is InChI=1S/C14H29N3/c1-9-7-11(3-4-12(9)15)14(17)6-5-13(16)10(2)8-14/h9-13H,3-8,15-17H2,1-2H3. The molecule has 6 N–H and O–H groups in total. The van der Waals surface area contributed by atoms with E-state index >= 15 is 0 Å². The van der Waals surface area contributed by atoms with Crippen LogP contribution in [0.25, 0.3) is 0 Å². The Labute approximate surface area is 105 Å². The highest BCUT2D eigenvalue weighted by Gasteiger charge is 2.43. The van der Waals surface area contributed by atoms with E-state index in [1.165, 1.54) is 12.8 Å². The van der Waals surface area contributed by atoms with Crippen LogP contribution in [0.1, 0.15) is 52.4 Å². The van der Waals surface area contributed by atoms with Crippen molar-refractivity contribution in [2.45, 2.75) is 70.0 Å². The van der Waals surface area contributed by atoms with Crippen LogP contribution in [0.3, 0.4) is 0 Å². The average molecular weight is 239 g/mol. The van der Waals surface area contributed by atoms with Crippen LogP contribution in [0.5, 0.6) is 0 Å². The molecule has 0 aliphatic heterocycles. The van der Waals surface area contributed by atoms with Crippen LogP contribution in [0.4, 0.5) is 0 Å². The van der Waals surface area contributed by atoms with E-state index in [0.29, 0.717) is 29.8 Å². The summed E-state index contributed by atoms with van der Waals surface area (Å²) < 4.78 is 0. The molecule has 2 aliphatic carbocycles. The molecule has 0 aromatic carbocycles. The zero-order valence-corrected chi connectivity index (χ0v) is 11.4. The van der Waals surface area contributed by atoms with E-state index in [9.17, 15) is 0 Å². The lowest BCUT2D eigenvalue weighted by Crippen LogP contribution is -2.56. The molecular formula is C14H29N3. The Hall–Kier alpha value is -0.120. The van der Waals surface area contributed by atoms with E-state index in [0.717, 1.165) is 25.7 Å². The Kier molecular flexibility index (Phi) is 3.81. The van der Waals surface area contributed by atoms with Gasteiger partial charge in [-0.15, -0.1) is 0 Å². The summed E-state index contributed by atoms with van der Waals surface area (Å²) in [5.41, 5.74) is 18.9. The van der Waals surface area contributed by atoms with Gasteiger partial charge in [0.25, 0.3) is 0 Å². The molecular weight excluding hydrogens is 210 g/mol. The number of hydrogen-bond donors (Lipinski definition) is 3. The molecule has 0 saturated heterocycles. The van der Waals surface area contributed by atoms with Crippen molar-refractivity contribution in [3.8, 4) is 0 Å². The summed E-state index contributed by atoms with van der Waals surface area (Å²) in [6.45, 7) is 4.53. The first-order valence-electron chi connectivity index (χ1n) is 7.22. The minimum absolute atomic E-state index is 0.0314. The molecule has 2 aliphatic rings. The summed E-state index contributed by atoms with van der Waals surface area (Å²) in [4.78, 5) is 0. The van der Waals surface area contributed by atoms with Crippen molar-refractivity contribution in [2.75, 3.05) is 0 Å². The largest absolute Gasteiger partial charge is 0.327 e. The summed E-state index contributed by atoms with van der Waals surface area (Å²) in [7, 11) is 0. The molecule has 2 fully saturated rings. The fourth-order valence-electron chi connectivity index (χ4n) is 3.89. The quantitative estimate of drug-likeness (QED) is 0.650. The molecule has 6 unspecified atom stereocenters. The van der Waals surface area contributed by atoms with E-state index in [-0.39, 0.29) is 5.54 Å². The maximum atomic E-state index is 6.70. The minimum Gasteiger partial charge on any atom is -0.327 e. The van der Waals surface area contributed by atoms with E-state index in [4.69, 9.17) is 17.2 Å². The monoisotopic (exact) mass is 239 g/mol. The number of nitrogens with two attached hydrogens (primary N) is 3. The van der Waals surface area contributed by atoms with Crippen molar-refractivity contribution in [1.29, 1.82) is 0 Å². The van der Waals surface area contributed by atoms with Crippen LogP contribution >= 0.6 is 0 Å². The number of hydrogen-bond acceptors (Lipinski definition) is 3. The minimum atomic E-state index is 0.0314.